The Morgan fingerprint density at radius 1 is 1.06 bits per heavy atom. The molecule has 17 heavy (non-hydrogen) atoms. The molecular weight excluding hydrogens is 247 g/mol. The molecule has 0 aromatic rings. The van der Waals surface area contributed by atoms with E-state index in [1.807, 2.05) is 0 Å². The molecule has 0 heterocycles. The van der Waals surface area contributed by atoms with Crippen molar-refractivity contribution in [3.8, 4) is 0 Å². The molecule has 0 radical (unpaired) electrons. The number of esters is 1. The van der Waals surface area contributed by atoms with E-state index in [4.69, 9.17) is 13.8 Å². The van der Waals surface area contributed by atoms with Gasteiger partial charge >= 0.3 is 13.6 Å². The summed E-state index contributed by atoms with van der Waals surface area (Å²) in [5, 5.41) is 0. The van der Waals surface area contributed by atoms with Crippen molar-refractivity contribution in [2.24, 2.45) is 0 Å². The first kappa shape index (κ1) is 16.6. The lowest BCUT2D eigenvalue weighted by Gasteiger charge is -2.16. The van der Waals surface area contributed by atoms with Gasteiger partial charge in [-0.15, -0.1) is 0 Å². The number of hydrogen-bond acceptors (Lipinski definition) is 6. The minimum absolute atomic E-state index is 0.197. The summed E-state index contributed by atoms with van der Waals surface area (Å²) in [6.07, 6.45) is 0.203. The fourth-order valence-corrected chi connectivity index (χ4v) is 2.55. The Bertz CT molecular complexity index is 245. The Morgan fingerprint density at radius 3 is 2.12 bits per heavy atom. The third-order valence-corrected chi connectivity index (χ3v) is 3.73. The average molecular weight is 268 g/mol. The molecule has 0 bridgehead atoms. The fraction of sp³-hybridized carbons (Fsp3) is 0.900. The average Bonchev–Trinajstić information content (AvgIpc) is 2.23. The van der Waals surface area contributed by atoms with Gasteiger partial charge in [0.1, 0.15) is 6.61 Å². The summed E-state index contributed by atoms with van der Waals surface area (Å²) < 4.78 is 31.9. The van der Waals surface area contributed by atoms with Crippen molar-refractivity contribution in [3.05, 3.63) is 0 Å². The van der Waals surface area contributed by atoms with E-state index < -0.39 is 7.60 Å². The zero-order valence-corrected chi connectivity index (χ0v) is 11.5. The van der Waals surface area contributed by atoms with Crippen LogP contribution >= 0.6 is 7.60 Å². The van der Waals surface area contributed by atoms with E-state index in [0.717, 1.165) is 0 Å². The molecule has 0 aromatic heterocycles. The van der Waals surface area contributed by atoms with E-state index in [0.29, 0.717) is 13.2 Å². The summed E-state index contributed by atoms with van der Waals surface area (Å²) in [6.45, 7) is 6.24. The predicted octanol–water partition coefficient (Wildman–Crippen LogP) is 1.83. The van der Waals surface area contributed by atoms with E-state index in [-0.39, 0.29) is 32.0 Å². The maximum Gasteiger partial charge on any atom is 0.332 e. The number of ether oxygens (including phenoxy) is 2. The second-order valence-electron chi connectivity index (χ2n) is 3.12. The Kier molecular flexibility index (Phi) is 9.36. The van der Waals surface area contributed by atoms with Gasteiger partial charge in [-0.2, -0.15) is 0 Å². The van der Waals surface area contributed by atoms with Crippen LogP contribution in [0.3, 0.4) is 0 Å². The highest BCUT2D eigenvalue weighted by atomic mass is 31.2. The van der Waals surface area contributed by atoms with Gasteiger partial charge in [-0.25, -0.2) is 0 Å². The summed E-state index contributed by atoms with van der Waals surface area (Å²) in [7, 11) is -3.02. The minimum atomic E-state index is -3.02. The van der Waals surface area contributed by atoms with Gasteiger partial charge in [-0.1, -0.05) is 0 Å². The number of rotatable bonds is 10. The lowest BCUT2D eigenvalue weighted by Crippen LogP contribution is -2.11. The maximum absolute atomic E-state index is 11.9. The Balaban J connectivity index is 3.68. The van der Waals surface area contributed by atoms with Crippen molar-refractivity contribution in [1.29, 1.82) is 0 Å². The second kappa shape index (κ2) is 9.59. The molecule has 0 rings (SSSR count). The molecule has 0 aromatic carbocycles. The number of carbonyl (C=O) groups excluding carboxylic acids is 1. The van der Waals surface area contributed by atoms with E-state index >= 15 is 0 Å². The Morgan fingerprint density at radius 2 is 1.65 bits per heavy atom. The van der Waals surface area contributed by atoms with E-state index in [9.17, 15) is 9.36 Å². The zero-order chi connectivity index (χ0) is 13.1. The molecule has 102 valence electrons. The normalized spacial score (nSPS) is 11.5. The predicted molar refractivity (Wildman–Crippen MR) is 63.2 cm³/mol. The smallest absolute Gasteiger partial charge is 0.332 e. The molecule has 0 saturated carbocycles. The van der Waals surface area contributed by atoms with Crippen LogP contribution in [0.15, 0.2) is 0 Å². The van der Waals surface area contributed by atoms with Crippen molar-refractivity contribution in [1.82, 2.24) is 0 Å². The first-order valence-electron chi connectivity index (χ1n) is 5.63. The molecule has 0 N–H and O–H groups in total. The molecule has 0 aliphatic heterocycles. The highest BCUT2D eigenvalue weighted by Gasteiger charge is 2.22. The maximum atomic E-state index is 11.9. The molecule has 0 unspecified atom stereocenters. The summed E-state index contributed by atoms with van der Waals surface area (Å²) >= 11 is 0. The van der Waals surface area contributed by atoms with Crippen LogP contribution in [0.1, 0.15) is 20.8 Å². The van der Waals surface area contributed by atoms with Crippen LogP contribution in [-0.4, -0.2) is 45.2 Å². The van der Waals surface area contributed by atoms with Crippen LogP contribution in [0.25, 0.3) is 0 Å². The lowest BCUT2D eigenvalue weighted by atomic mass is 10.7. The SMILES string of the molecule is CCOP(=O)(CCOCCOC(C)=O)OCC. The van der Waals surface area contributed by atoms with Crippen molar-refractivity contribution in [3.63, 3.8) is 0 Å². The standard InChI is InChI=1S/C10H21O6P/c1-4-15-17(12,16-5-2)9-8-13-6-7-14-10(3)11/h4-9H2,1-3H3. The monoisotopic (exact) mass is 268 g/mol. The van der Waals surface area contributed by atoms with Gasteiger partial charge in [0.05, 0.1) is 32.6 Å². The summed E-state index contributed by atoms with van der Waals surface area (Å²) in [4.78, 5) is 10.4. The third-order valence-electron chi connectivity index (χ3n) is 1.69. The van der Waals surface area contributed by atoms with Crippen LogP contribution in [-0.2, 0) is 27.9 Å². The molecule has 0 atom stereocenters. The van der Waals surface area contributed by atoms with Gasteiger partial charge in [0.2, 0.25) is 0 Å². The summed E-state index contributed by atoms with van der Waals surface area (Å²) in [6, 6.07) is 0. The highest BCUT2D eigenvalue weighted by molar-refractivity contribution is 7.53. The first-order valence-corrected chi connectivity index (χ1v) is 7.36. The zero-order valence-electron chi connectivity index (χ0n) is 10.6. The van der Waals surface area contributed by atoms with Gasteiger partial charge in [0.15, 0.2) is 0 Å². The Labute approximate surface area is 102 Å². The van der Waals surface area contributed by atoms with Crippen molar-refractivity contribution >= 4 is 13.6 Å². The van der Waals surface area contributed by atoms with E-state index in [2.05, 4.69) is 4.74 Å². The minimum Gasteiger partial charge on any atom is -0.463 e. The van der Waals surface area contributed by atoms with Crippen LogP contribution in [0, 0.1) is 0 Å². The van der Waals surface area contributed by atoms with Gasteiger partial charge in [0, 0.05) is 6.92 Å². The number of hydrogen-bond donors (Lipinski definition) is 0. The molecule has 0 amide bonds. The van der Waals surface area contributed by atoms with E-state index in [1.54, 1.807) is 13.8 Å². The molecule has 6 nitrogen and oxygen atoms in total. The fourth-order valence-electron chi connectivity index (χ4n) is 1.08. The van der Waals surface area contributed by atoms with Crippen LogP contribution in [0.2, 0.25) is 0 Å². The molecule has 0 aliphatic rings. The van der Waals surface area contributed by atoms with E-state index in [1.165, 1.54) is 6.92 Å². The van der Waals surface area contributed by atoms with Crippen LogP contribution in [0.5, 0.6) is 0 Å². The molecule has 0 fully saturated rings. The lowest BCUT2D eigenvalue weighted by molar-refractivity contribution is -0.142. The highest BCUT2D eigenvalue weighted by Crippen LogP contribution is 2.47. The quantitative estimate of drug-likeness (QED) is 0.342. The van der Waals surface area contributed by atoms with Gasteiger partial charge in [-0.3, -0.25) is 9.36 Å². The third kappa shape index (κ3) is 9.30. The molecule has 0 spiro atoms. The van der Waals surface area contributed by atoms with Gasteiger partial charge in [0.25, 0.3) is 0 Å². The molecule has 0 saturated heterocycles. The van der Waals surface area contributed by atoms with Crippen molar-refractivity contribution in [2.45, 2.75) is 20.8 Å². The van der Waals surface area contributed by atoms with Gasteiger partial charge < -0.3 is 18.5 Å². The molecule has 7 heteroatoms. The van der Waals surface area contributed by atoms with Gasteiger partial charge in [-0.05, 0) is 13.8 Å². The first-order chi connectivity index (χ1) is 8.04. The largest absolute Gasteiger partial charge is 0.463 e. The second-order valence-corrected chi connectivity index (χ2v) is 5.31. The molecule has 0 aliphatic carbocycles. The van der Waals surface area contributed by atoms with Crippen molar-refractivity contribution in [2.75, 3.05) is 39.2 Å². The van der Waals surface area contributed by atoms with Crippen LogP contribution < -0.4 is 0 Å². The topological polar surface area (TPSA) is 71.1 Å². The van der Waals surface area contributed by atoms with Crippen molar-refractivity contribution < 1.29 is 27.9 Å². The van der Waals surface area contributed by atoms with Crippen LogP contribution in [0.4, 0.5) is 0 Å². The molecular formula is C10H21O6P. The summed E-state index contributed by atoms with van der Waals surface area (Å²) in [5.74, 6) is -0.345. The number of carbonyl (C=O) groups is 1. The summed E-state index contributed by atoms with van der Waals surface area (Å²) in [5.41, 5.74) is 0. The Hall–Kier alpha value is -0.420.